The van der Waals surface area contributed by atoms with Crippen molar-refractivity contribution < 1.29 is 5.11 Å². The number of halogens is 1. The predicted octanol–water partition coefficient (Wildman–Crippen LogP) is 3.68. The zero-order valence-corrected chi connectivity index (χ0v) is 14.5. The van der Waals surface area contributed by atoms with Crippen LogP contribution in [0.2, 0.25) is 0 Å². The van der Waals surface area contributed by atoms with E-state index in [9.17, 15) is 5.11 Å². The normalized spacial score (nSPS) is 12.6. The highest BCUT2D eigenvalue weighted by atomic mass is 79.9. The fourth-order valence-corrected chi connectivity index (χ4v) is 3.33. The molecule has 0 amide bonds. The third kappa shape index (κ3) is 3.74. The summed E-state index contributed by atoms with van der Waals surface area (Å²) in [5.74, 6) is 0. The maximum atomic E-state index is 10.4. The third-order valence-corrected chi connectivity index (χ3v) is 4.76. The van der Waals surface area contributed by atoms with E-state index in [0.717, 1.165) is 28.8 Å². The minimum Gasteiger partial charge on any atom is -0.392 e. The van der Waals surface area contributed by atoms with Crippen molar-refractivity contribution in [3.63, 3.8) is 0 Å². The molecule has 0 radical (unpaired) electrons. The SMILES string of the molecule is CCc1nn(CC)c(CC(O)Cc2ccccc2C)c1Br. The second kappa shape index (κ2) is 7.23. The summed E-state index contributed by atoms with van der Waals surface area (Å²) in [6.45, 7) is 7.09. The highest BCUT2D eigenvalue weighted by molar-refractivity contribution is 9.10. The summed E-state index contributed by atoms with van der Waals surface area (Å²) in [4.78, 5) is 0. The van der Waals surface area contributed by atoms with Gasteiger partial charge in [-0.25, -0.2) is 0 Å². The van der Waals surface area contributed by atoms with Crippen LogP contribution in [0.15, 0.2) is 28.7 Å². The van der Waals surface area contributed by atoms with Gasteiger partial charge in [0.1, 0.15) is 0 Å². The van der Waals surface area contributed by atoms with Gasteiger partial charge in [-0.3, -0.25) is 4.68 Å². The lowest BCUT2D eigenvalue weighted by molar-refractivity contribution is 0.172. The van der Waals surface area contributed by atoms with Crippen LogP contribution < -0.4 is 0 Å². The second-order valence-corrected chi connectivity index (χ2v) is 6.16. The highest BCUT2D eigenvalue weighted by Crippen LogP contribution is 2.24. The molecule has 1 unspecified atom stereocenters. The molecule has 0 aliphatic heterocycles. The van der Waals surface area contributed by atoms with Crippen molar-refractivity contribution in [1.82, 2.24) is 9.78 Å². The molecule has 3 nitrogen and oxygen atoms in total. The molecular weight excluding hydrogens is 328 g/mol. The molecule has 0 spiro atoms. The van der Waals surface area contributed by atoms with Crippen molar-refractivity contribution >= 4 is 15.9 Å². The smallest absolute Gasteiger partial charge is 0.0766 e. The maximum absolute atomic E-state index is 10.4. The van der Waals surface area contributed by atoms with Crippen LogP contribution in [0.3, 0.4) is 0 Å². The van der Waals surface area contributed by atoms with Crippen molar-refractivity contribution in [2.24, 2.45) is 0 Å². The first-order chi connectivity index (χ1) is 10.1. The molecular formula is C17H23BrN2O. The Labute approximate surface area is 135 Å². The van der Waals surface area contributed by atoms with Gasteiger partial charge in [0.15, 0.2) is 0 Å². The zero-order chi connectivity index (χ0) is 15.4. The number of aliphatic hydroxyl groups excluding tert-OH is 1. The summed E-state index contributed by atoms with van der Waals surface area (Å²) in [7, 11) is 0. The highest BCUT2D eigenvalue weighted by Gasteiger charge is 2.17. The van der Waals surface area contributed by atoms with E-state index in [4.69, 9.17) is 0 Å². The number of aliphatic hydroxyl groups is 1. The van der Waals surface area contributed by atoms with Gasteiger partial charge in [0.2, 0.25) is 0 Å². The van der Waals surface area contributed by atoms with E-state index in [1.165, 1.54) is 11.1 Å². The fourth-order valence-electron chi connectivity index (χ4n) is 2.60. The topological polar surface area (TPSA) is 38.0 Å². The van der Waals surface area contributed by atoms with Gasteiger partial charge in [-0.05, 0) is 53.7 Å². The molecule has 114 valence electrons. The number of nitrogens with zero attached hydrogens (tertiary/aromatic N) is 2. The number of benzene rings is 1. The summed E-state index contributed by atoms with van der Waals surface area (Å²) in [5, 5.41) is 15.0. The first-order valence-electron chi connectivity index (χ1n) is 7.53. The molecule has 0 aliphatic carbocycles. The molecule has 0 fully saturated rings. The average Bonchev–Trinajstić information content (AvgIpc) is 2.77. The van der Waals surface area contributed by atoms with E-state index in [2.05, 4.69) is 53.9 Å². The van der Waals surface area contributed by atoms with Crippen LogP contribution in [-0.4, -0.2) is 21.0 Å². The maximum Gasteiger partial charge on any atom is 0.0766 e. The summed E-state index contributed by atoms with van der Waals surface area (Å²) in [6, 6.07) is 8.23. The van der Waals surface area contributed by atoms with Crippen LogP contribution in [0.5, 0.6) is 0 Å². The Morgan fingerprint density at radius 1 is 1.24 bits per heavy atom. The van der Waals surface area contributed by atoms with Gasteiger partial charge in [-0.1, -0.05) is 31.2 Å². The summed E-state index contributed by atoms with van der Waals surface area (Å²) in [6.07, 6.45) is 1.80. The quantitative estimate of drug-likeness (QED) is 0.862. The van der Waals surface area contributed by atoms with Gasteiger partial charge in [0, 0.05) is 13.0 Å². The van der Waals surface area contributed by atoms with Crippen molar-refractivity contribution in [1.29, 1.82) is 0 Å². The first-order valence-corrected chi connectivity index (χ1v) is 8.32. The molecule has 1 atom stereocenters. The predicted molar refractivity (Wildman–Crippen MR) is 89.6 cm³/mol. The van der Waals surface area contributed by atoms with Crippen molar-refractivity contribution in [3.8, 4) is 0 Å². The number of aryl methyl sites for hydroxylation is 3. The van der Waals surface area contributed by atoms with Gasteiger partial charge in [0.25, 0.3) is 0 Å². The van der Waals surface area contributed by atoms with Crippen LogP contribution in [0.25, 0.3) is 0 Å². The van der Waals surface area contributed by atoms with Crippen molar-refractivity contribution in [3.05, 3.63) is 51.3 Å². The third-order valence-electron chi connectivity index (χ3n) is 3.84. The molecule has 0 saturated heterocycles. The van der Waals surface area contributed by atoms with E-state index in [1.54, 1.807) is 0 Å². The standard InChI is InChI=1S/C17H23BrN2O/c1-4-15-17(18)16(20(5-2)19-15)11-14(21)10-13-9-7-6-8-12(13)3/h6-9,14,21H,4-5,10-11H2,1-3H3. The molecule has 0 aliphatic rings. The summed E-state index contributed by atoms with van der Waals surface area (Å²) < 4.78 is 3.04. The lowest BCUT2D eigenvalue weighted by atomic mass is 10.00. The lowest BCUT2D eigenvalue weighted by Gasteiger charge is -2.14. The van der Waals surface area contributed by atoms with E-state index < -0.39 is 6.10 Å². The number of aromatic nitrogens is 2. The molecule has 1 N–H and O–H groups in total. The Morgan fingerprint density at radius 2 is 1.95 bits per heavy atom. The first kappa shape index (κ1) is 16.2. The Balaban J connectivity index is 2.14. The molecule has 0 bridgehead atoms. The van der Waals surface area contributed by atoms with Crippen molar-refractivity contribution in [2.45, 2.75) is 52.7 Å². The second-order valence-electron chi connectivity index (χ2n) is 5.37. The fraction of sp³-hybridized carbons (Fsp3) is 0.471. The van der Waals surface area contributed by atoms with Crippen LogP contribution in [0.4, 0.5) is 0 Å². The van der Waals surface area contributed by atoms with Gasteiger partial charge < -0.3 is 5.11 Å². The minimum absolute atomic E-state index is 0.394. The lowest BCUT2D eigenvalue weighted by Crippen LogP contribution is -2.17. The molecule has 0 saturated carbocycles. The van der Waals surface area contributed by atoms with E-state index in [-0.39, 0.29) is 0 Å². The van der Waals surface area contributed by atoms with Crippen LogP contribution >= 0.6 is 15.9 Å². The Kier molecular flexibility index (Phi) is 5.59. The van der Waals surface area contributed by atoms with E-state index in [0.29, 0.717) is 12.8 Å². The molecule has 21 heavy (non-hydrogen) atoms. The Hall–Kier alpha value is -1.13. The molecule has 4 heteroatoms. The van der Waals surface area contributed by atoms with Crippen molar-refractivity contribution in [2.75, 3.05) is 0 Å². The largest absolute Gasteiger partial charge is 0.392 e. The Bertz CT molecular complexity index is 607. The van der Waals surface area contributed by atoms with Gasteiger partial charge in [-0.15, -0.1) is 0 Å². The van der Waals surface area contributed by atoms with Crippen LogP contribution in [0.1, 0.15) is 36.4 Å². The minimum atomic E-state index is -0.394. The number of hydrogen-bond donors (Lipinski definition) is 1. The summed E-state index contributed by atoms with van der Waals surface area (Å²) >= 11 is 3.64. The molecule has 1 heterocycles. The zero-order valence-electron chi connectivity index (χ0n) is 12.9. The molecule has 2 rings (SSSR count). The van der Waals surface area contributed by atoms with Gasteiger partial charge >= 0.3 is 0 Å². The van der Waals surface area contributed by atoms with Gasteiger partial charge in [0.05, 0.1) is 22.0 Å². The summed E-state index contributed by atoms with van der Waals surface area (Å²) in [5.41, 5.74) is 4.60. The van der Waals surface area contributed by atoms with E-state index >= 15 is 0 Å². The van der Waals surface area contributed by atoms with Crippen LogP contribution in [0, 0.1) is 6.92 Å². The van der Waals surface area contributed by atoms with Crippen LogP contribution in [-0.2, 0) is 25.8 Å². The van der Waals surface area contributed by atoms with Gasteiger partial charge in [-0.2, -0.15) is 5.10 Å². The Morgan fingerprint density at radius 3 is 2.57 bits per heavy atom. The average molecular weight is 351 g/mol. The molecule has 1 aromatic carbocycles. The number of hydrogen-bond acceptors (Lipinski definition) is 2. The van der Waals surface area contributed by atoms with E-state index in [1.807, 2.05) is 16.8 Å². The number of rotatable bonds is 6. The monoisotopic (exact) mass is 350 g/mol. The molecule has 1 aromatic heterocycles. The molecule has 2 aromatic rings.